The van der Waals surface area contributed by atoms with Crippen molar-refractivity contribution in [2.24, 2.45) is 17.4 Å². The molecule has 7 rings (SSSR count). The Hall–Kier alpha value is -8.07. The number of aryl methyl sites for hydroxylation is 1. The minimum absolute atomic E-state index is 0.0289. The Morgan fingerprint density at radius 3 is 2.47 bits per heavy atom. The van der Waals surface area contributed by atoms with Crippen LogP contribution in [0.3, 0.4) is 0 Å². The highest BCUT2D eigenvalue weighted by molar-refractivity contribution is 5.99. The Bertz CT molecular complexity index is 3110. The number of hydrogen-bond acceptors (Lipinski definition) is 16. The number of benzene rings is 2. The zero-order chi connectivity index (χ0) is 57.8. The Morgan fingerprint density at radius 2 is 1.75 bits per heavy atom. The molecule has 25 nitrogen and oxygen atoms in total. The van der Waals surface area contributed by atoms with Gasteiger partial charge in [0.2, 0.25) is 29.5 Å². The number of cyclic esters (lactones) is 1. The van der Waals surface area contributed by atoms with Crippen molar-refractivity contribution in [3.05, 3.63) is 91.5 Å². The summed E-state index contributed by atoms with van der Waals surface area (Å²) < 4.78 is 44.9. The van der Waals surface area contributed by atoms with E-state index in [1.165, 1.54) is 10.6 Å². The van der Waals surface area contributed by atoms with Crippen LogP contribution < -0.4 is 54.2 Å². The normalized spacial score (nSPS) is 16.7. The lowest BCUT2D eigenvalue weighted by atomic mass is 9.81. The van der Waals surface area contributed by atoms with E-state index in [4.69, 9.17) is 31.1 Å². The maximum Gasteiger partial charge on any atom is 0.407 e. The van der Waals surface area contributed by atoms with Crippen molar-refractivity contribution < 1.29 is 68.2 Å². The summed E-state index contributed by atoms with van der Waals surface area (Å²) in [6, 6.07) is 5.66. The molecule has 79 heavy (non-hydrogen) atoms. The highest BCUT2D eigenvalue weighted by Gasteiger charge is 2.46. The minimum Gasteiger partial charge on any atom is -0.458 e. The number of amides is 8. The molecule has 0 spiro atoms. The van der Waals surface area contributed by atoms with Crippen LogP contribution in [0, 0.1) is 18.7 Å². The van der Waals surface area contributed by atoms with Gasteiger partial charge in [-0.2, -0.15) is 0 Å². The van der Waals surface area contributed by atoms with Crippen molar-refractivity contribution in [3.8, 4) is 11.4 Å². The molecule has 2 aromatic heterocycles. The standard InChI is InChI=1S/C53H66FN11O14/c1-5-53(75)34-19-39-46-32(22-65(39)49(71)33(34)24-78-50(53)72)44-36(13-12-31-28(4)35(54)20-38(62-46)43(31)44)61-42(68)25-77-26-59-41(67)21-58-52(74)79-23-29-8-10-30(11-9-29)60-47(69)37(7-6-16-57-51(56)73)63-48(70)45(27(2)3)64-40(66)14-17-76-18-15-55/h8-11,19-20,27,36-37,45,75H,5-7,12-18,21-26,55H2,1-4H3,(H,58,74)(H,59,67)(H,60,69)(H,61,68)(H,63,70)(H,64,66)(H3,56,57,73)/t36-,37-,45-,53-/m0/s1/i/hT. The number of rotatable bonds is 26. The maximum absolute atomic E-state index is 15.3. The fourth-order valence-corrected chi connectivity index (χ4v) is 9.71. The van der Waals surface area contributed by atoms with Crippen LogP contribution in [0.4, 0.5) is 19.7 Å². The number of pyridine rings is 2. The molecule has 0 saturated carbocycles. The largest absolute Gasteiger partial charge is 0.458 e. The number of carbonyl (C=O) groups is 8. The van der Waals surface area contributed by atoms with E-state index in [9.17, 15) is 48.3 Å². The van der Waals surface area contributed by atoms with Crippen LogP contribution in [0.15, 0.2) is 41.2 Å². The first-order valence-corrected chi connectivity index (χ1v) is 25.9. The van der Waals surface area contributed by atoms with Crippen LogP contribution in [0.25, 0.3) is 22.3 Å². The number of anilines is 1. The van der Waals surface area contributed by atoms with E-state index in [2.05, 4.69) is 42.9 Å². The molecule has 0 saturated heterocycles. The molecule has 26 heteroatoms. The monoisotopic (exact) mass is 1100 g/mol. The molecule has 8 amide bonds. The molecule has 0 fully saturated rings. The van der Waals surface area contributed by atoms with E-state index >= 15 is 4.39 Å². The van der Waals surface area contributed by atoms with Crippen LogP contribution in [0.1, 0.15) is 97.9 Å². The number of nitrogens with zero attached hydrogens (tertiary/aromatic N) is 2. The van der Waals surface area contributed by atoms with Gasteiger partial charge >= 0.3 is 18.1 Å². The predicted octanol–water partition coefficient (Wildman–Crippen LogP) is 1.03. The number of esters is 1. The number of urea groups is 1. The van der Waals surface area contributed by atoms with Crippen LogP contribution in [0.5, 0.6) is 0 Å². The van der Waals surface area contributed by atoms with Gasteiger partial charge in [0, 0.05) is 47.8 Å². The third-order valence-electron chi connectivity index (χ3n) is 13.9. The van der Waals surface area contributed by atoms with E-state index in [1.54, 1.807) is 58.0 Å². The predicted molar refractivity (Wildman–Crippen MR) is 281 cm³/mol. The number of nitrogens with one attached hydrogen (secondary N) is 7. The first-order chi connectivity index (χ1) is 38.2. The highest BCUT2D eigenvalue weighted by atomic mass is 19.1. The number of ether oxygens (including phenoxy) is 4. The van der Waals surface area contributed by atoms with Crippen molar-refractivity contribution >= 4 is 64.2 Å². The van der Waals surface area contributed by atoms with Gasteiger partial charge in [-0.3, -0.25) is 28.8 Å². The Morgan fingerprint density at radius 1 is 0.975 bits per heavy atom. The third kappa shape index (κ3) is 13.8. The molecular formula is C53H66FN11O14. The second-order valence-electron chi connectivity index (χ2n) is 19.6. The van der Waals surface area contributed by atoms with Gasteiger partial charge in [-0.25, -0.2) is 23.8 Å². The summed E-state index contributed by atoms with van der Waals surface area (Å²) in [5, 5.41) is 30.3. The zero-order valence-electron chi connectivity index (χ0n) is 45.2. The summed E-state index contributed by atoms with van der Waals surface area (Å²) in [6.07, 6.45) is 0.141. The number of primary amides is 1. The third-order valence-corrected chi connectivity index (χ3v) is 13.9. The molecule has 424 valence electrons. The Kier molecular flexibility index (Phi) is 18.8. The zero-order valence-corrected chi connectivity index (χ0v) is 44.2. The minimum atomic E-state index is -2.05. The topological polar surface area (TPSA) is 365 Å². The van der Waals surface area contributed by atoms with Crippen LogP contribution in [0.2, 0.25) is 1.41 Å². The number of aliphatic hydroxyl groups is 1. The van der Waals surface area contributed by atoms with Gasteiger partial charge in [-0.05, 0) is 85.4 Å². The van der Waals surface area contributed by atoms with E-state index < -0.39 is 103 Å². The SMILES string of the molecule is [3H]NCCOCCC(=O)N[C@H](C(=O)N[C@@H](CCCNC(N)=O)C(=O)Nc1ccc(COC(=O)NCC(=O)NCOCC(=O)N[C@H]2CCc3c(C)c(F)cc4nc5c(c2c34)Cn2c-5cc3c(c2=O)COC(=O)[C@]3(O)CC)cc1)C(C)C. The molecule has 4 atom stereocenters. The van der Waals surface area contributed by atoms with E-state index in [0.717, 1.165) is 5.56 Å². The number of alkyl carbamates (subject to hydrolysis) is 1. The van der Waals surface area contributed by atoms with Crippen molar-refractivity contribution in [2.75, 3.05) is 51.5 Å². The van der Waals surface area contributed by atoms with Crippen molar-refractivity contribution in [2.45, 2.75) is 110 Å². The van der Waals surface area contributed by atoms with Gasteiger partial charge in [0.15, 0.2) is 5.60 Å². The molecular weight excluding hydrogens is 1030 g/mol. The lowest BCUT2D eigenvalue weighted by Gasteiger charge is -2.31. The van der Waals surface area contributed by atoms with Gasteiger partial charge in [-0.1, -0.05) is 32.9 Å². The molecule has 0 radical (unpaired) electrons. The Labute approximate surface area is 454 Å². The second-order valence-corrected chi connectivity index (χ2v) is 19.6. The van der Waals surface area contributed by atoms with Gasteiger partial charge in [0.05, 0.1) is 48.3 Å². The first kappa shape index (κ1) is 57.1. The molecule has 0 bridgehead atoms. The van der Waals surface area contributed by atoms with Crippen molar-refractivity contribution in [1.82, 2.24) is 41.5 Å². The average molecular weight is 1100 g/mol. The van der Waals surface area contributed by atoms with Gasteiger partial charge in [-0.15, -0.1) is 0 Å². The quantitative estimate of drug-likeness (QED) is 0.0210. The number of aromatic nitrogens is 2. The summed E-state index contributed by atoms with van der Waals surface area (Å²) in [5.74, 6) is -4.52. The smallest absolute Gasteiger partial charge is 0.407 e. The first-order valence-electron chi connectivity index (χ1n) is 26.4. The number of carbonyl (C=O) groups excluding carboxylic acids is 8. The van der Waals surface area contributed by atoms with Gasteiger partial charge < -0.3 is 77.3 Å². The Balaban J connectivity index is 0.867. The second kappa shape index (κ2) is 26.1. The average Bonchev–Trinajstić information content (AvgIpc) is 4.04. The number of halogens is 1. The number of fused-ring (bicyclic) bond motifs is 5. The van der Waals surface area contributed by atoms with E-state index in [1.807, 2.05) is 0 Å². The van der Waals surface area contributed by atoms with Crippen LogP contribution in [-0.2, 0) is 79.5 Å². The summed E-state index contributed by atoms with van der Waals surface area (Å²) in [7, 11) is 0. The summed E-state index contributed by atoms with van der Waals surface area (Å²) in [5.41, 5.74) is 9.40. The van der Waals surface area contributed by atoms with Crippen molar-refractivity contribution in [3.63, 3.8) is 0 Å². The lowest BCUT2D eigenvalue weighted by molar-refractivity contribution is -0.172. The summed E-state index contributed by atoms with van der Waals surface area (Å²) in [4.78, 5) is 121. The lowest BCUT2D eigenvalue weighted by Crippen LogP contribution is -2.54. The molecule has 4 heterocycles. The molecule has 1 aliphatic carbocycles. The van der Waals surface area contributed by atoms with E-state index in [0.29, 0.717) is 63.1 Å². The van der Waals surface area contributed by atoms with Crippen LogP contribution in [-0.4, -0.2) is 121 Å². The number of hydrogen-bond donors (Lipinski definition) is 10. The fraction of sp³-hybridized carbons (Fsp3) is 0.472. The number of nitrogens with two attached hydrogens (primary N) is 2. The fourth-order valence-electron chi connectivity index (χ4n) is 9.71. The summed E-state index contributed by atoms with van der Waals surface area (Å²) in [6.45, 7) is 5.61. The molecule has 0 unspecified atom stereocenters. The van der Waals surface area contributed by atoms with Gasteiger partial charge in [0.25, 0.3) is 5.56 Å². The molecule has 3 aliphatic rings. The molecule has 2 aromatic carbocycles. The highest BCUT2D eigenvalue weighted by Crippen LogP contribution is 2.46. The molecule has 12 N–H and O–H groups in total. The van der Waals surface area contributed by atoms with Crippen LogP contribution >= 0.6 is 0 Å². The van der Waals surface area contributed by atoms with E-state index in [-0.39, 0.29) is 88.8 Å². The van der Waals surface area contributed by atoms with Crippen molar-refractivity contribution in [1.29, 1.82) is 0 Å². The van der Waals surface area contributed by atoms with Gasteiger partial charge in [0.1, 0.15) is 52.4 Å². The molecule has 4 aromatic rings. The summed E-state index contributed by atoms with van der Waals surface area (Å²) >= 11 is 0. The maximum atomic E-state index is 15.3. The molecule has 2 aliphatic heterocycles.